The van der Waals surface area contributed by atoms with Crippen LogP contribution in [0.25, 0.3) is 44.2 Å². The van der Waals surface area contributed by atoms with Crippen LogP contribution in [0.2, 0.25) is 0 Å². The van der Waals surface area contributed by atoms with Gasteiger partial charge >= 0.3 is 12.2 Å². The first-order valence-electron chi connectivity index (χ1n) is 23.8. The van der Waals surface area contributed by atoms with Crippen molar-refractivity contribution < 1.29 is 43.2 Å². The molecule has 8 atom stereocenters. The highest BCUT2D eigenvalue weighted by Gasteiger charge is 2.44. The third kappa shape index (κ3) is 8.67. The number of nitrogens with zero attached hydrogens (tertiary/aromatic N) is 4. The Kier molecular flexibility index (Phi) is 12.1. The fraction of sp³-hybridized carbons (Fsp3) is 0.520. The summed E-state index contributed by atoms with van der Waals surface area (Å²) in [4.78, 5) is 73.6. The van der Waals surface area contributed by atoms with Crippen molar-refractivity contribution >= 4 is 45.8 Å². The van der Waals surface area contributed by atoms with E-state index >= 15 is 0 Å². The molecule has 0 aliphatic carbocycles. The number of methoxy groups -OCH3 is 1. The van der Waals surface area contributed by atoms with Crippen LogP contribution in [0.4, 0.5) is 9.59 Å². The summed E-state index contributed by atoms with van der Waals surface area (Å²) in [5.41, 5.74) is 6.49. The number of carbonyl (C=O) groups excluding carboxylic acids is 3. The average Bonchev–Trinajstić information content (AvgIpc) is 4.15. The van der Waals surface area contributed by atoms with Gasteiger partial charge in [0.1, 0.15) is 36.1 Å². The molecule has 4 saturated heterocycles. The van der Waals surface area contributed by atoms with Crippen LogP contribution in [0, 0.1) is 11.8 Å². The first-order valence-corrected chi connectivity index (χ1v) is 23.8. The van der Waals surface area contributed by atoms with Gasteiger partial charge in [0.05, 0.1) is 66.5 Å². The molecule has 5 aromatic rings. The molecular weight excluding hydrogens is 857 g/mol. The number of fused-ring (bicyclic) bond motifs is 6. The minimum atomic E-state index is -1.21. The topological polar surface area (TPSA) is 213 Å². The fourth-order valence-corrected chi connectivity index (χ4v) is 11.8. The Morgan fingerprint density at radius 3 is 2.03 bits per heavy atom. The fourth-order valence-electron chi connectivity index (χ4n) is 11.8. The number of aromatic nitrogens is 4. The second-order valence-electron chi connectivity index (χ2n) is 19.4. The molecule has 5 aliphatic rings. The molecular formula is C50H60N8O9. The van der Waals surface area contributed by atoms with Crippen LogP contribution in [-0.4, -0.2) is 116 Å². The highest BCUT2D eigenvalue weighted by molar-refractivity contribution is 6.07. The quantitative estimate of drug-likeness (QED) is 0.0964. The van der Waals surface area contributed by atoms with Gasteiger partial charge in [-0.05, 0) is 137 Å². The number of carboxylic acid groups (broad SMARTS) is 1. The largest absolute Gasteiger partial charge is 0.488 e. The second kappa shape index (κ2) is 18.1. The van der Waals surface area contributed by atoms with Gasteiger partial charge in [0.25, 0.3) is 0 Å². The van der Waals surface area contributed by atoms with Crippen molar-refractivity contribution in [1.29, 1.82) is 0 Å². The lowest BCUT2D eigenvalue weighted by molar-refractivity contribution is -0.139. The minimum absolute atomic E-state index is 0.0318. The first kappa shape index (κ1) is 44.6. The molecule has 4 fully saturated rings. The predicted molar refractivity (Wildman–Crippen MR) is 248 cm³/mol. The SMILES string of the molecule is COC(=O)NC(C(=O)N1CCC[C@H]1c1nc2c(ccc3cc4c(cc32)OCc2cc(-c3cnc([C@@H]5CCCN5C(=O)C(NC(=O)O)C5C[C@@H](C)O[C@H](C)C5)[nH]3)ccc2-4)[nH]1)C1C[C@@H](C)O[C@H](C)C1. The molecule has 10 rings (SSSR count). The van der Waals surface area contributed by atoms with E-state index in [0.29, 0.717) is 57.0 Å². The molecule has 5 aliphatic heterocycles. The van der Waals surface area contributed by atoms with Crippen LogP contribution in [0.1, 0.15) is 108 Å². The van der Waals surface area contributed by atoms with E-state index in [1.165, 1.54) is 7.11 Å². The number of H-pyrrole nitrogens is 2. The molecule has 67 heavy (non-hydrogen) atoms. The highest BCUT2D eigenvalue weighted by Crippen LogP contribution is 2.44. The molecule has 0 saturated carbocycles. The number of ether oxygens (including phenoxy) is 4. The van der Waals surface area contributed by atoms with E-state index < -0.39 is 24.3 Å². The number of amides is 4. The number of hydrogen-bond acceptors (Lipinski definition) is 10. The number of likely N-dealkylation sites (tertiary alicyclic amines) is 2. The third-order valence-electron chi connectivity index (χ3n) is 14.7. The van der Waals surface area contributed by atoms with Crippen molar-refractivity contribution in [2.45, 2.75) is 134 Å². The molecule has 0 spiro atoms. The Morgan fingerprint density at radius 2 is 1.40 bits per heavy atom. The maximum atomic E-state index is 14.4. The van der Waals surface area contributed by atoms with Crippen LogP contribution < -0.4 is 15.4 Å². The summed E-state index contributed by atoms with van der Waals surface area (Å²) in [7, 11) is 1.31. The third-order valence-corrected chi connectivity index (χ3v) is 14.7. The summed E-state index contributed by atoms with van der Waals surface area (Å²) in [6.07, 6.45) is 5.34. The molecule has 7 heterocycles. The molecule has 4 amide bonds. The van der Waals surface area contributed by atoms with E-state index in [9.17, 15) is 24.3 Å². The monoisotopic (exact) mass is 916 g/mol. The number of hydrogen-bond donors (Lipinski definition) is 5. The van der Waals surface area contributed by atoms with E-state index in [1.54, 1.807) is 11.1 Å². The van der Waals surface area contributed by atoms with Crippen molar-refractivity contribution in [3.8, 4) is 28.1 Å². The zero-order valence-electron chi connectivity index (χ0n) is 38.7. The lowest BCUT2D eigenvalue weighted by atomic mass is 9.85. The van der Waals surface area contributed by atoms with Crippen LogP contribution in [0.5, 0.6) is 5.75 Å². The van der Waals surface area contributed by atoms with E-state index in [2.05, 4.69) is 57.0 Å². The summed E-state index contributed by atoms with van der Waals surface area (Å²) in [6.45, 7) is 9.38. The summed E-state index contributed by atoms with van der Waals surface area (Å²) >= 11 is 0. The van der Waals surface area contributed by atoms with Crippen LogP contribution in [0.3, 0.4) is 0 Å². The Balaban J connectivity index is 0.877. The second-order valence-corrected chi connectivity index (χ2v) is 19.4. The maximum Gasteiger partial charge on any atom is 0.407 e. The van der Waals surface area contributed by atoms with Gasteiger partial charge in [-0.2, -0.15) is 0 Å². The summed E-state index contributed by atoms with van der Waals surface area (Å²) in [6, 6.07) is 12.4. The minimum Gasteiger partial charge on any atom is -0.488 e. The van der Waals surface area contributed by atoms with Crippen molar-refractivity contribution in [2.75, 3.05) is 20.2 Å². The molecule has 0 radical (unpaired) electrons. The summed E-state index contributed by atoms with van der Waals surface area (Å²) < 4.78 is 23.3. The Hall–Kier alpha value is -6.20. The molecule has 2 unspecified atom stereocenters. The van der Waals surface area contributed by atoms with E-state index in [4.69, 9.17) is 28.9 Å². The number of imidazole rings is 2. The normalized spacial score (nSPS) is 26.9. The van der Waals surface area contributed by atoms with Gasteiger partial charge in [-0.25, -0.2) is 19.6 Å². The number of carbonyl (C=O) groups is 4. The first-order chi connectivity index (χ1) is 32.3. The Labute approximate surface area is 388 Å². The van der Waals surface area contributed by atoms with Gasteiger partial charge in [-0.15, -0.1) is 0 Å². The molecule has 0 bridgehead atoms. The Morgan fingerprint density at radius 1 is 0.776 bits per heavy atom. The van der Waals surface area contributed by atoms with Gasteiger partial charge < -0.3 is 54.5 Å². The number of rotatable bonds is 9. The number of nitrogens with one attached hydrogen (secondary N) is 4. The van der Waals surface area contributed by atoms with E-state index in [-0.39, 0.29) is 60.1 Å². The lowest BCUT2D eigenvalue weighted by Gasteiger charge is -2.38. The standard InChI is InChI=1S/C50H60N8O9/c1-25-16-31(17-26(2)66-25)42(55-49(61)62)47(59)57-14-6-8-39(57)45-51-23-38(53-45)30-10-12-34-33(20-30)24-65-41-22-35-29(21-36(34)41)11-13-37-44(35)54-46(52-37)40-9-7-15-58(40)48(60)43(56-50(63)64-5)32-18-27(3)67-28(4)19-32/h10-13,20-23,25-28,31-32,39-40,42-43,55H,6-9,14-19,24H2,1-5H3,(H,51,53)(H,52,54)(H,56,63)(H,61,62)/t25-,26-,27-,28-,39+,40+,42?,43?/m1/s1. The van der Waals surface area contributed by atoms with Crippen LogP contribution in [-0.2, 0) is 30.4 Å². The van der Waals surface area contributed by atoms with Crippen LogP contribution >= 0.6 is 0 Å². The molecule has 17 heteroatoms. The predicted octanol–water partition coefficient (Wildman–Crippen LogP) is 7.76. The molecule has 354 valence electrons. The van der Waals surface area contributed by atoms with Crippen LogP contribution in [0.15, 0.2) is 48.7 Å². The van der Waals surface area contributed by atoms with E-state index in [1.807, 2.05) is 38.7 Å². The van der Waals surface area contributed by atoms with Gasteiger partial charge in [0, 0.05) is 24.0 Å². The van der Waals surface area contributed by atoms with Crippen molar-refractivity contribution in [3.63, 3.8) is 0 Å². The zero-order valence-corrected chi connectivity index (χ0v) is 38.7. The smallest absolute Gasteiger partial charge is 0.407 e. The van der Waals surface area contributed by atoms with Gasteiger partial charge in [0.2, 0.25) is 11.8 Å². The van der Waals surface area contributed by atoms with Gasteiger partial charge in [-0.1, -0.05) is 18.2 Å². The summed E-state index contributed by atoms with van der Waals surface area (Å²) in [5.74, 6) is 1.52. The van der Waals surface area contributed by atoms with Crippen molar-refractivity contribution in [1.82, 2.24) is 40.4 Å². The zero-order chi connectivity index (χ0) is 46.7. The highest BCUT2D eigenvalue weighted by atomic mass is 16.5. The van der Waals surface area contributed by atoms with Crippen molar-refractivity contribution in [3.05, 3.63) is 65.9 Å². The average molecular weight is 917 g/mol. The summed E-state index contributed by atoms with van der Waals surface area (Å²) in [5, 5.41) is 17.1. The number of alkyl carbamates (subject to hydrolysis) is 1. The van der Waals surface area contributed by atoms with Gasteiger partial charge in [-0.3, -0.25) is 9.59 Å². The molecule has 2 aromatic heterocycles. The molecule has 17 nitrogen and oxygen atoms in total. The number of aromatic amines is 2. The molecule has 5 N–H and O–H groups in total. The molecule has 3 aromatic carbocycles. The lowest BCUT2D eigenvalue weighted by Crippen LogP contribution is -2.54. The van der Waals surface area contributed by atoms with E-state index in [0.717, 1.165) is 81.2 Å². The van der Waals surface area contributed by atoms with Gasteiger partial charge in [0.15, 0.2) is 0 Å². The Bertz CT molecular complexity index is 2700. The van der Waals surface area contributed by atoms with Crippen molar-refractivity contribution in [2.24, 2.45) is 11.8 Å². The maximum absolute atomic E-state index is 14.4. The number of benzene rings is 3.